The summed E-state index contributed by atoms with van der Waals surface area (Å²) in [6, 6.07) is -1.11. The van der Waals surface area contributed by atoms with Crippen molar-refractivity contribution in [2.24, 2.45) is 0 Å². The SMILES string of the molecule is C/C=C/CC/C=C/CC/C=C/CCCC(O)C(O)C(COP(=O)([O-])OCC[N+](C)(C)C)NC(=O)CCCCCCC/C=C\C/C=C\C/C=C\CC. The number of phosphoric acid groups is 1. The first-order valence-electron chi connectivity index (χ1n) is 19.3. The van der Waals surface area contributed by atoms with Gasteiger partial charge in [0.25, 0.3) is 7.82 Å². The number of quaternary nitrogens is 1. The summed E-state index contributed by atoms with van der Waals surface area (Å²) in [4.78, 5) is 25.2. The number of carbonyl (C=O) groups is 1. The lowest BCUT2D eigenvalue weighted by atomic mass is 10.0. The molecule has 0 aliphatic heterocycles. The van der Waals surface area contributed by atoms with Gasteiger partial charge in [-0.3, -0.25) is 9.36 Å². The van der Waals surface area contributed by atoms with Crippen LogP contribution in [0.25, 0.3) is 0 Å². The van der Waals surface area contributed by atoms with Crippen LogP contribution in [0.15, 0.2) is 72.9 Å². The molecule has 0 aromatic rings. The molecule has 0 aromatic carbocycles. The Labute approximate surface area is 311 Å². The number of phosphoric ester groups is 1. The quantitative estimate of drug-likeness (QED) is 0.0267. The Morgan fingerprint density at radius 1 is 0.745 bits per heavy atom. The molecule has 0 aliphatic rings. The minimum atomic E-state index is -4.68. The molecule has 0 aromatic heterocycles. The van der Waals surface area contributed by atoms with Crippen molar-refractivity contribution in [2.45, 2.75) is 141 Å². The van der Waals surface area contributed by atoms with Crippen LogP contribution in [0.3, 0.4) is 0 Å². The van der Waals surface area contributed by atoms with Gasteiger partial charge in [0.05, 0.1) is 39.9 Å². The van der Waals surface area contributed by atoms with E-state index in [0.717, 1.165) is 83.5 Å². The highest BCUT2D eigenvalue weighted by Crippen LogP contribution is 2.38. The molecule has 0 saturated heterocycles. The molecule has 0 saturated carbocycles. The molecule has 10 heteroatoms. The molecule has 1 amide bonds. The molecular formula is C41H73N2O7P. The Balaban J connectivity index is 4.72. The van der Waals surface area contributed by atoms with E-state index in [1.54, 1.807) is 0 Å². The number of hydrogen-bond acceptors (Lipinski definition) is 7. The van der Waals surface area contributed by atoms with E-state index in [-0.39, 0.29) is 18.9 Å². The Bertz CT molecular complexity index is 1080. The second-order valence-corrected chi connectivity index (χ2v) is 15.4. The van der Waals surface area contributed by atoms with Gasteiger partial charge in [0, 0.05) is 6.42 Å². The first-order valence-corrected chi connectivity index (χ1v) is 20.8. The first-order chi connectivity index (χ1) is 24.4. The van der Waals surface area contributed by atoms with Gasteiger partial charge in [-0.25, -0.2) is 0 Å². The van der Waals surface area contributed by atoms with Gasteiger partial charge in [0.2, 0.25) is 5.91 Å². The summed E-state index contributed by atoms with van der Waals surface area (Å²) in [5.41, 5.74) is 0. The molecule has 4 unspecified atom stereocenters. The standard InChI is InChI=1S/C41H73N2O7P/c1-6-8-10-12-14-16-18-20-21-22-24-26-28-30-32-34-40(45)42-38(37-50-51(47,48)49-36-35-43(3,4)5)41(46)39(44)33-31-29-27-25-23-19-17-15-13-11-9-7-2/h7-10,14-17,20-21,25,27,38-39,41,44,46H,6,11-13,18-19,22-24,26,28-37H2,1-5H3,(H-,42,45,47,48)/b9-7+,10-8-,16-14-,17-15+,21-20-,27-25+. The van der Waals surface area contributed by atoms with Gasteiger partial charge in [-0.1, -0.05) is 99.1 Å². The third-order valence-electron chi connectivity index (χ3n) is 8.07. The summed E-state index contributed by atoms with van der Waals surface area (Å²) in [6.45, 7) is 4.02. The van der Waals surface area contributed by atoms with Crippen molar-refractivity contribution < 1.29 is 38.0 Å². The zero-order valence-electron chi connectivity index (χ0n) is 32.6. The lowest BCUT2D eigenvalue weighted by Gasteiger charge is -2.31. The minimum absolute atomic E-state index is 0.0579. The van der Waals surface area contributed by atoms with Crippen LogP contribution in [0.5, 0.6) is 0 Å². The lowest BCUT2D eigenvalue weighted by molar-refractivity contribution is -0.870. The Morgan fingerprint density at radius 3 is 1.90 bits per heavy atom. The molecule has 0 spiro atoms. The molecule has 4 atom stereocenters. The first kappa shape index (κ1) is 48.9. The van der Waals surface area contributed by atoms with E-state index < -0.39 is 32.7 Å². The number of hydrogen-bond donors (Lipinski definition) is 3. The molecule has 0 heterocycles. The number of amides is 1. The van der Waals surface area contributed by atoms with Crippen LogP contribution < -0.4 is 10.2 Å². The number of rotatable bonds is 33. The van der Waals surface area contributed by atoms with Gasteiger partial charge in [0.15, 0.2) is 0 Å². The topological polar surface area (TPSA) is 128 Å². The van der Waals surface area contributed by atoms with Crippen LogP contribution in [-0.2, 0) is 18.4 Å². The second-order valence-electron chi connectivity index (χ2n) is 14.0. The third kappa shape index (κ3) is 33.5. The summed E-state index contributed by atoms with van der Waals surface area (Å²) >= 11 is 0. The van der Waals surface area contributed by atoms with Gasteiger partial charge < -0.3 is 34.0 Å². The normalized spacial score (nSPS) is 16.0. The van der Waals surface area contributed by atoms with Gasteiger partial charge in [-0.2, -0.15) is 0 Å². The van der Waals surface area contributed by atoms with E-state index in [0.29, 0.717) is 30.3 Å². The van der Waals surface area contributed by atoms with Crippen LogP contribution in [0.4, 0.5) is 0 Å². The zero-order chi connectivity index (χ0) is 38.1. The Kier molecular flexibility index (Phi) is 31.2. The molecule has 294 valence electrons. The largest absolute Gasteiger partial charge is 0.756 e. The Hall–Kier alpha value is -2.10. The van der Waals surface area contributed by atoms with Crippen molar-refractivity contribution in [3.63, 3.8) is 0 Å². The molecule has 0 aliphatic carbocycles. The average Bonchev–Trinajstić information content (AvgIpc) is 3.07. The number of aliphatic hydroxyl groups is 2. The molecule has 0 bridgehead atoms. The van der Waals surface area contributed by atoms with Gasteiger partial charge in [0.1, 0.15) is 19.3 Å². The van der Waals surface area contributed by atoms with Crippen LogP contribution in [0.2, 0.25) is 0 Å². The maximum absolute atomic E-state index is 12.8. The monoisotopic (exact) mass is 737 g/mol. The molecule has 51 heavy (non-hydrogen) atoms. The van der Waals surface area contributed by atoms with E-state index >= 15 is 0 Å². The highest BCUT2D eigenvalue weighted by molar-refractivity contribution is 7.45. The maximum Gasteiger partial charge on any atom is 0.268 e. The molecule has 0 fully saturated rings. The lowest BCUT2D eigenvalue weighted by Crippen LogP contribution is -2.51. The molecule has 0 radical (unpaired) electrons. The predicted molar refractivity (Wildman–Crippen MR) is 211 cm³/mol. The summed E-state index contributed by atoms with van der Waals surface area (Å²) in [5.74, 6) is -0.318. The van der Waals surface area contributed by atoms with Crippen LogP contribution in [0.1, 0.15) is 123 Å². The minimum Gasteiger partial charge on any atom is -0.756 e. The van der Waals surface area contributed by atoms with Crippen molar-refractivity contribution in [2.75, 3.05) is 40.9 Å². The highest BCUT2D eigenvalue weighted by Gasteiger charge is 2.29. The Morgan fingerprint density at radius 2 is 1.27 bits per heavy atom. The molecular weight excluding hydrogens is 663 g/mol. The van der Waals surface area contributed by atoms with E-state index in [4.69, 9.17) is 9.05 Å². The second kappa shape index (κ2) is 32.5. The number of aliphatic hydroxyl groups excluding tert-OH is 2. The molecule has 0 rings (SSSR count). The van der Waals surface area contributed by atoms with Crippen molar-refractivity contribution in [3.05, 3.63) is 72.9 Å². The highest BCUT2D eigenvalue weighted by atomic mass is 31.2. The smallest absolute Gasteiger partial charge is 0.268 e. The van der Waals surface area contributed by atoms with E-state index in [9.17, 15) is 24.5 Å². The van der Waals surface area contributed by atoms with Crippen LogP contribution >= 0.6 is 7.82 Å². The molecule has 9 nitrogen and oxygen atoms in total. The summed E-state index contributed by atoms with van der Waals surface area (Å²) in [5, 5.41) is 24.4. The number of nitrogens with zero attached hydrogens (tertiary/aromatic N) is 1. The number of likely N-dealkylation sites (N-methyl/N-ethyl adjacent to an activating group) is 1. The average molecular weight is 737 g/mol. The van der Waals surface area contributed by atoms with Gasteiger partial charge in [-0.05, 0) is 90.4 Å². The fourth-order valence-electron chi connectivity index (χ4n) is 4.95. The predicted octanol–water partition coefficient (Wildman–Crippen LogP) is 8.41. The van der Waals surface area contributed by atoms with Crippen molar-refractivity contribution in [1.29, 1.82) is 0 Å². The van der Waals surface area contributed by atoms with E-state index in [1.807, 2.05) is 28.1 Å². The fraction of sp³-hybridized carbons (Fsp3) is 0.683. The van der Waals surface area contributed by atoms with Crippen molar-refractivity contribution >= 4 is 13.7 Å². The van der Waals surface area contributed by atoms with Gasteiger partial charge in [-0.15, -0.1) is 0 Å². The number of unbranched alkanes of at least 4 members (excludes halogenated alkanes) is 8. The summed E-state index contributed by atoms with van der Waals surface area (Å²) < 4.78 is 23.0. The number of carbonyl (C=O) groups excluding carboxylic acids is 1. The third-order valence-corrected chi connectivity index (χ3v) is 9.04. The number of nitrogens with one attached hydrogen (secondary N) is 1. The van der Waals surface area contributed by atoms with E-state index in [2.05, 4.69) is 85.2 Å². The summed E-state index contributed by atoms with van der Waals surface area (Å²) in [6.07, 6.45) is 38.1. The zero-order valence-corrected chi connectivity index (χ0v) is 33.5. The maximum atomic E-state index is 12.8. The van der Waals surface area contributed by atoms with Crippen LogP contribution in [-0.4, -0.2) is 79.8 Å². The van der Waals surface area contributed by atoms with Gasteiger partial charge >= 0.3 is 0 Å². The van der Waals surface area contributed by atoms with Crippen molar-refractivity contribution in [3.8, 4) is 0 Å². The molecule has 3 N–H and O–H groups in total. The van der Waals surface area contributed by atoms with Crippen molar-refractivity contribution in [1.82, 2.24) is 5.32 Å². The fourth-order valence-corrected chi connectivity index (χ4v) is 5.67. The summed E-state index contributed by atoms with van der Waals surface area (Å²) in [7, 11) is 1.06. The van der Waals surface area contributed by atoms with Crippen LogP contribution in [0, 0.1) is 0 Å². The number of allylic oxidation sites excluding steroid dienone is 12. The van der Waals surface area contributed by atoms with E-state index in [1.165, 1.54) is 0 Å².